The fraction of sp³-hybridized carbons (Fsp3) is 0.116. The van der Waals surface area contributed by atoms with Gasteiger partial charge in [0.15, 0.2) is 0 Å². The molecule has 216 valence electrons. The van der Waals surface area contributed by atoms with E-state index in [-0.39, 0.29) is 5.41 Å². The zero-order valence-corrected chi connectivity index (χ0v) is 26.1. The molecule has 0 fully saturated rings. The first kappa shape index (κ1) is 26.1. The van der Waals surface area contributed by atoms with Gasteiger partial charge in [-0.05, 0) is 81.4 Å². The molecule has 9 rings (SSSR count). The number of anilines is 5. The van der Waals surface area contributed by atoms with Crippen LogP contribution in [0.25, 0.3) is 43.8 Å². The molecule has 7 aromatic rings. The third-order valence-corrected chi connectivity index (χ3v) is 10.2. The van der Waals surface area contributed by atoms with Crippen molar-refractivity contribution in [2.75, 3.05) is 16.8 Å². The molecule has 2 aliphatic rings. The van der Waals surface area contributed by atoms with Crippen LogP contribution in [-0.4, -0.2) is 7.05 Å². The van der Waals surface area contributed by atoms with Crippen LogP contribution in [0.3, 0.4) is 0 Å². The summed E-state index contributed by atoms with van der Waals surface area (Å²) in [5, 5.41) is 5.06. The van der Waals surface area contributed by atoms with Gasteiger partial charge in [-0.3, -0.25) is 0 Å². The van der Waals surface area contributed by atoms with Crippen LogP contribution in [0.1, 0.15) is 30.5 Å². The zero-order chi connectivity index (χ0) is 30.4. The molecule has 0 bridgehead atoms. The molecule has 0 radical (unpaired) electrons. The summed E-state index contributed by atoms with van der Waals surface area (Å²) in [5.41, 5.74) is 15.3. The van der Waals surface area contributed by atoms with E-state index < -0.39 is 0 Å². The Morgan fingerprint density at radius 2 is 1.07 bits per heavy atom. The molecule has 1 aliphatic heterocycles. The first-order valence-corrected chi connectivity index (χ1v) is 15.9. The van der Waals surface area contributed by atoms with E-state index in [2.05, 4.69) is 171 Å². The molecule has 2 heteroatoms. The lowest BCUT2D eigenvalue weighted by Gasteiger charge is -2.39. The molecule has 7 aromatic carbocycles. The second kappa shape index (κ2) is 9.33. The van der Waals surface area contributed by atoms with E-state index in [1.807, 2.05) is 0 Å². The number of para-hydroxylation sites is 4. The van der Waals surface area contributed by atoms with Crippen LogP contribution in [-0.2, 0) is 5.41 Å². The molecule has 0 amide bonds. The van der Waals surface area contributed by atoms with Crippen molar-refractivity contribution >= 4 is 50.0 Å². The summed E-state index contributed by atoms with van der Waals surface area (Å²) < 4.78 is 0. The molecule has 0 N–H and O–H groups in total. The molecule has 0 unspecified atom stereocenters. The van der Waals surface area contributed by atoms with Crippen molar-refractivity contribution in [1.29, 1.82) is 0 Å². The van der Waals surface area contributed by atoms with Crippen LogP contribution < -0.4 is 9.80 Å². The topological polar surface area (TPSA) is 6.48 Å². The predicted octanol–water partition coefficient (Wildman–Crippen LogP) is 11.8. The summed E-state index contributed by atoms with van der Waals surface area (Å²) in [6.45, 7) is 6.95. The van der Waals surface area contributed by atoms with Crippen molar-refractivity contribution in [3.63, 3.8) is 0 Å². The highest BCUT2D eigenvalue weighted by molar-refractivity contribution is 6.23. The molecule has 0 saturated heterocycles. The maximum atomic E-state index is 2.50. The Bertz CT molecular complexity index is 2300. The molecule has 0 spiro atoms. The molecule has 2 nitrogen and oxygen atoms in total. The van der Waals surface area contributed by atoms with Gasteiger partial charge in [0.05, 0.1) is 28.4 Å². The molecule has 1 heterocycles. The smallest absolute Gasteiger partial charge is 0.0700 e. The van der Waals surface area contributed by atoms with Crippen LogP contribution in [0.2, 0.25) is 0 Å². The van der Waals surface area contributed by atoms with Crippen LogP contribution in [0, 0.1) is 6.92 Å². The monoisotopic (exact) mass is 578 g/mol. The van der Waals surface area contributed by atoms with Crippen molar-refractivity contribution in [2.45, 2.75) is 26.2 Å². The molecular weight excluding hydrogens is 544 g/mol. The summed E-state index contributed by atoms with van der Waals surface area (Å²) >= 11 is 0. The summed E-state index contributed by atoms with van der Waals surface area (Å²) in [4.78, 5) is 4.81. The normalized spacial score (nSPS) is 14.3. The van der Waals surface area contributed by atoms with E-state index in [0.717, 1.165) is 0 Å². The highest BCUT2D eigenvalue weighted by Crippen LogP contribution is 2.56. The minimum absolute atomic E-state index is 0.0589. The fourth-order valence-electron chi connectivity index (χ4n) is 8.06. The Hall–Kier alpha value is -5.34. The maximum absolute atomic E-state index is 2.50. The SMILES string of the molecule is Cc1ccc2c(N3c4ccccc4N(C)c4ccccc43)c3ccccc3c(-c3ccc4c(c3)C(C)(C)c3ccccc3-4)c2c1. The van der Waals surface area contributed by atoms with Crippen LogP contribution in [0.15, 0.2) is 133 Å². The van der Waals surface area contributed by atoms with E-state index in [0.29, 0.717) is 0 Å². The van der Waals surface area contributed by atoms with Gasteiger partial charge < -0.3 is 9.80 Å². The Morgan fingerprint density at radius 1 is 0.489 bits per heavy atom. The molecule has 1 aliphatic carbocycles. The minimum Gasteiger partial charge on any atom is -0.341 e. The van der Waals surface area contributed by atoms with Gasteiger partial charge >= 0.3 is 0 Å². The number of hydrogen-bond donors (Lipinski definition) is 0. The number of nitrogens with zero attached hydrogens (tertiary/aromatic N) is 2. The summed E-state index contributed by atoms with van der Waals surface area (Å²) in [5.74, 6) is 0. The second-order valence-corrected chi connectivity index (χ2v) is 13.1. The van der Waals surface area contributed by atoms with Crippen LogP contribution in [0.5, 0.6) is 0 Å². The molecule has 0 saturated carbocycles. The number of aryl methyl sites for hydroxylation is 1. The fourth-order valence-corrected chi connectivity index (χ4v) is 8.06. The lowest BCUT2D eigenvalue weighted by Crippen LogP contribution is -2.24. The number of hydrogen-bond acceptors (Lipinski definition) is 2. The Morgan fingerprint density at radius 3 is 1.80 bits per heavy atom. The van der Waals surface area contributed by atoms with Crippen molar-refractivity contribution in [2.24, 2.45) is 0 Å². The molecule has 45 heavy (non-hydrogen) atoms. The standard InChI is InChI=1S/C43H34N2/c1-27-21-23-33-34(25-27)41(28-22-24-30-29-13-7-8-16-35(29)43(2,3)36(30)26-28)31-14-5-6-15-32(31)42(33)45-39-19-11-9-17-37(39)44(4)38-18-10-12-20-40(38)45/h5-26H,1-4H3. The number of fused-ring (bicyclic) bond motifs is 7. The van der Waals surface area contributed by atoms with Gasteiger partial charge in [0.1, 0.15) is 0 Å². The van der Waals surface area contributed by atoms with Crippen LogP contribution >= 0.6 is 0 Å². The largest absolute Gasteiger partial charge is 0.341 e. The summed E-state index contributed by atoms with van der Waals surface area (Å²) in [6.07, 6.45) is 0. The van der Waals surface area contributed by atoms with E-state index in [1.54, 1.807) is 0 Å². The van der Waals surface area contributed by atoms with Gasteiger partial charge in [-0.15, -0.1) is 0 Å². The third-order valence-electron chi connectivity index (χ3n) is 10.2. The van der Waals surface area contributed by atoms with Gasteiger partial charge in [-0.2, -0.15) is 0 Å². The van der Waals surface area contributed by atoms with Gasteiger partial charge in [-0.25, -0.2) is 0 Å². The zero-order valence-electron chi connectivity index (χ0n) is 26.1. The lowest BCUT2D eigenvalue weighted by molar-refractivity contribution is 0.660. The number of benzene rings is 7. The first-order chi connectivity index (χ1) is 21.9. The average molecular weight is 579 g/mol. The van der Waals surface area contributed by atoms with Gasteiger partial charge in [-0.1, -0.05) is 123 Å². The summed E-state index contributed by atoms with van der Waals surface area (Å²) in [7, 11) is 2.17. The van der Waals surface area contributed by atoms with Crippen molar-refractivity contribution < 1.29 is 0 Å². The lowest BCUT2D eigenvalue weighted by atomic mass is 9.81. The van der Waals surface area contributed by atoms with Crippen molar-refractivity contribution in [3.8, 4) is 22.3 Å². The summed E-state index contributed by atoms with van der Waals surface area (Å²) in [6, 6.07) is 49.6. The number of rotatable bonds is 2. The van der Waals surface area contributed by atoms with Gasteiger partial charge in [0, 0.05) is 23.2 Å². The quantitative estimate of drug-likeness (QED) is 0.188. The van der Waals surface area contributed by atoms with Crippen molar-refractivity contribution in [1.82, 2.24) is 0 Å². The average Bonchev–Trinajstić information content (AvgIpc) is 3.30. The maximum Gasteiger partial charge on any atom is 0.0700 e. The van der Waals surface area contributed by atoms with Gasteiger partial charge in [0.2, 0.25) is 0 Å². The molecular formula is C43H34N2. The van der Waals surface area contributed by atoms with Crippen LogP contribution in [0.4, 0.5) is 28.4 Å². The van der Waals surface area contributed by atoms with E-state index in [4.69, 9.17) is 0 Å². The van der Waals surface area contributed by atoms with Gasteiger partial charge in [0.25, 0.3) is 0 Å². The van der Waals surface area contributed by atoms with E-state index >= 15 is 0 Å². The Balaban J connectivity index is 1.38. The second-order valence-electron chi connectivity index (χ2n) is 13.1. The van der Waals surface area contributed by atoms with E-state index in [1.165, 1.54) is 88.9 Å². The van der Waals surface area contributed by atoms with Crippen molar-refractivity contribution in [3.05, 3.63) is 150 Å². The predicted molar refractivity (Wildman–Crippen MR) is 192 cm³/mol. The van der Waals surface area contributed by atoms with E-state index in [9.17, 15) is 0 Å². The minimum atomic E-state index is -0.0589. The third kappa shape index (κ3) is 3.57. The molecule has 0 aromatic heterocycles. The molecule has 0 atom stereocenters. The first-order valence-electron chi connectivity index (χ1n) is 15.9. The Labute approximate surface area is 264 Å². The highest BCUT2D eigenvalue weighted by Gasteiger charge is 2.36. The highest BCUT2D eigenvalue weighted by atomic mass is 15.3. The Kier molecular flexibility index (Phi) is 5.41.